The van der Waals surface area contributed by atoms with E-state index in [2.05, 4.69) is 0 Å². The Labute approximate surface area is 101 Å². The van der Waals surface area contributed by atoms with Crippen LogP contribution in [-0.4, -0.2) is 19.0 Å². The van der Waals surface area contributed by atoms with Crippen molar-refractivity contribution >= 4 is 5.78 Å². The molecule has 1 aromatic rings. The summed E-state index contributed by atoms with van der Waals surface area (Å²) in [5.41, 5.74) is 0.572. The fourth-order valence-corrected chi connectivity index (χ4v) is 1.78. The summed E-state index contributed by atoms with van der Waals surface area (Å²) in [6, 6.07) is 7.27. The van der Waals surface area contributed by atoms with Crippen molar-refractivity contribution < 1.29 is 14.3 Å². The zero-order chi connectivity index (χ0) is 12.1. The highest BCUT2D eigenvalue weighted by Gasteiger charge is 2.19. The summed E-state index contributed by atoms with van der Waals surface area (Å²) >= 11 is 0. The number of carbonyl (C=O) groups is 1. The van der Waals surface area contributed by atoms with E-state index >= 15 is 0 Å². The van der Waals surface area contributed by atoms with Crippen LogP contribution in [0.1, 0.15) is 30.1 Å². The van der Waals surface area contributed by atoms with Crippen LogP contribution < -0.4 is 4.74 Å². The van der Waals surface area contributed by atoms with Gasteiger partial charge in [-0.2, -0.15) is 0 Å². The van der Waals surface area contributed by atoms with E-state index in [0.29, 0.717) is 30.3 Å². The predicted octanol–water partition coefficient (Wildman–Crippen LogP) is 2.96. The van der Waals surface area contributed by atoms with Crippen LogP contribution in [0.2, 0.25) is 0 Å². The van der Waals surface area contributed by atoms with Gasteiger partial charge in [0.2, 0.25) is 5.78 Å². The van der Waals surface area contributed by atoms with Crippen molar-refractivity contribution in [2.75, 3.05) is 13.2 Å². The molecule has 1 heterocycles. The Morgan fingerprint density at radius 1 is 1.41 bits per heavy atom. The van der Waals surface area contributed by atoms with E-state index in [-0.39, 0.29) is 5.78 Å². The van der Waals surface area contributed by atoms with Gasteiger partial charge in [0.15, 0.2) is 5.76 Å². The Morgan fingerprint density at radius 2 is 2.24 bits per heavy atom. The Kier molecular flexibility index (Phi) is 3.81. The van der Waals surface area contributed by atoms with Gasteiger partial charge < -0.3 is 9.47 Å². The highest BCUT2D eigenvalue weighted by molar-refractivity contribution is 6.09. The molecule has 1 aromatic carbocycles. The molecule has 0 aromatic heterocycles. The third kappa shape index (κ3) is 2.67. The minimum Gasteiger partial charge on any atom is -0.493 e. The molecule has 0 unspecified atom stereocenters. The number of ketones is 1. The molecule has 90 valence electrons. The van der Waals surface area contributed by atoms with Crippen LogP contribution in [0.15, 0.2) is 36.1 Å². The summed E-state index contributed by atoms with van der Waals surface area (Å²) in [6.45, 7) is 3.07. The molecular formula is C14H16O3. The van der Waals surface area contributed by atoms with E-state index in [1.54, 1.807) is 12.1 Å². The average Bonchev–Trinajstić information content (AvgIpc) is 2.40. The van der Waals surface area contributed by atoms with Crippen molar-refractivity contribution in [2.24, 2.45) is 0 Å². The minimum absolute atomic E-state index is 0.0891. The molecule has 0 saturated heterocycles. The van der Waals surface area contributed by atoms with Crippen molar-refractivity contribution in [3.05, 3.63) is 41.7 Å². The standard InChI is InChI=1S/C14H16O3/c1-2-16-12-8-4-3-7-11(12)14(15)13-9-5-6-10-17-13/h3-4,7-9H,2,5-6,10H2,1H3. The van der Waals surface area contributed by atoms with E-state index in [1.807, 2.05) is 25.1 Å². The lowest BCUT2D eigenvalue weighted by Crippen LogP contribution is -2.12. The minimum atomic E-state index is -0.0891. The Hall–Kier alpha value is -1.77. The van der Waals surface area contributed by atoms with Gasteiger partial charge in [-0.05, 0) is 38.0 Å². The topological polar surface area (TPSA) is 35.5 Å². The molecule has 0 aliphatic carbocycles. The van der Waals surface area contributed by atoms with Crippen LogP contribution >= 0.6 is 0 Å². The normalized spacial score (nSPS) is 14.8. The van der Waals surface area contributed by atoms with Crippen LogP contribution in [-0.2, 0) is 4.74 Å². The number of para-hydroxylation sites is 1. The van der Waals surface area contributed by atoms with Gasteiger partial charge in [-0.15, -0.1) is 0 Å². The molecule has 1 aliphatic rings. The van der Waals surface area contributed by atoms with Crippen LogP contribution in [0, 0.1) is 0 Å². The Morgan fingerprint density at radius 3 is 2.94 bits per heavy atom. The largest absolute Gasteiger partial charge is 0.493 e. The van der Waals surface area contributed by atoms with Crippen molar-refractivity contribution in [3.63, 3.8) is 0 Å². The maximum Gasteiger partial charge on any atom is 0.230 e. The van der Waals surface area contributed by atoms with Crippen LogP contribution in [0.4, 0.5) is 0 Å². The van der Waals surface area contributed by atoms with Gasteiger partial charge in [0.25, 0.3) is 0 Å². The predicted molar refractivity (Wildman–Crippen MR) is 65.2 cm³/mol. The number of allylic oxidation sites excluding steroid dienone is 2. The second-order valence-corrected chi connectivity index (χ2v) is 3.82. The summed E-state index contributed by atoms with van der Waals surface area (Å²) in [5, 5.41) is 0. The van der Waals surface area contributed by atoms with Crippen LogP contribution in [0.3, 0.4) is 0 Å². The van der Waals surface area contributed by atoms with E-state index in [4.69, 9.17) is 9.47 Å². The molecule has 17 heavy (non-hydrogen) atoms. The van der Waals surface area contributed by atoms with Gasteiger partial charge in [0.1, 0.15) is 5.75 Å². The quantitative estimate of drug-likeness (QED) is 0.749. The molecule has 1 aliphatic heterocycles. The lowest BCUT2D eigenvalue weighted by atomic mass is 10.1. The molecule has 3 nitrogen and oxygen atoms in total. The fraction of sp³-hybridized carbons (Fsp3) is 0.357. The van der Waals surface area contributed by atoms with Gasteiger partial charge in [-0.1, -0.05) is 12.1 Å². The lowest BCUT2D eigenvalue weighted by molar-refractivity contribution is 0.0895. The smallest absolute Gasteiger partial charge is 0.230 e. The molecule has 0 spiro atoms. The highest BCUT2D eigenvalue weighted by Crippen LogP contribution is 2.23. The molecule has 0 radical (unpaired) electrons. The molecule has 2 rings (SSSR count). The van der Waals surface area contributed by atoms with Gasteiger partial charge in [-0.25, -0.2) is 0 Å². The van der Waals surface area contributed by atoms with Gasteiger partial charge in [-0.3, -0.25) is 4.79 Å². The van der Waals surface area contributed by atoms with E-state index < -0.39 is 0 Å². The number of Topliss-reactive ketones (excluding diaryl/α,β-unsaturated/α-hetero) is 1. The number of carbonyl (C=O) groups excluding carboxylic acids is 1. The summed E-state index contributed by atoms with van der Waals surface area (Å²) < 4.78 is 10.8. The van der Waals surface area contributed by atoms with Gasteiger partial charge in [0, 0.05) is 0 Å². The molecule has 0 atom stereocenters. The molecule has 0 N–H and O–H groups in total. The second-order valence-electron chi connectivity index (χ2n) is 3.82. The fourth-order valence-electron chi connectivity index (χ4n) is 1.78. The maximum atomic E-state index is 12.2. The molecule has 0 fully saturated rings. The van der Waals surface area contributed by atoms with Crippen molar-refractivity contribution in [3.8, 4) is 5.75 Å². The number of ether oxygens (including phenoxy) is 2. The average molecular weight is 232 g/mol. The van der Waals surface area contributed by atoms with Crippen molar-refractivity contribution in [2.45, 2.75) is 19.8 Å². The van der Waals surface area contributed by atoms with Crippen LogP contribution in [0.5, 0.6) is 5.75 Å². The second kappa shape index (κ2) is 5.53. The number of hydrogen-bond acceptors (Lipinski definition) is 3. The maximum absolute atomic E-state index is 12.2. The van der Waals surface area contributed by atoms with Crippen molar-refractivity contribution in [1.82, 2.24) is 0 Å². The summed E-state index contributed by atoms with van der Waals surface area (Å²) in [6.07, 6.45) is 3.73. The molecule has 0 amide bonds. The lowest BCUT2D eigenvalue weighted by Gasteiger charge is -2.15. The summed E-state index contributed by atoms with van der Waals surface area (Å²) in [4.78, 5) is 12.2. The molecule has 0 saturated carbocycles. The molecular weight excluding hydrogens is 216 g/mol. The zero-order valence-corrected chi connectivity index (χ0v) is 9.94. The van der Waals surface area contributed by atoms with E-state index in [9.17, 15) is 4.79 Å². The van der Waals surface area contributed by atoms with Gasteiger partial charge >= 0.3 is 0 Å². The molecule has 0 bridgehead atoms. The first-order valence-electron chi connectivity index (χ1n) is 5.92. The SMILES string of the molecule is CCOc1ccccc1C(=O)C1=CCCCO1. The number of rotatable bonds is 4. The third-order valence-electron chi connectivity index (χ3n) is 2.59. The van der Waals surface area contributed by atoms with E-state index in [0.717, 1.165) is 12.8 Å². The third-order valence-corrected chi connectivity index (χ3v) is 2.59. The monoisotopic (exact) mass is 232 g/mol. The molecule has 3 heteroatoms. The first-order chi connectivity index (χ1) is 8.33. The first kappa shape index (κ1) is 11.7. The summed E-state index contributed by atoms with van der Waals surface area (Å²) in [7, 11) is 0. The zero-order valence-electron chi connectivity index (χ0n) is 9.94. The Bertz CT molecular complexity index is 435. The first-order valence-corrected chi connectivity index (χ1v) is 5.92. The summed E-state index contributed by atoms with van der Waals surface area (Å²) in [5.74, 6) is 0.979. The van der Waals surface area contributed by atoms with Crippen molar-refractivity contribution in [1.29, 1.82) is 0 Å². The number of benzene rings is 1. The highest BCUT2D eigenvalue weighted by atomic mass is 16.5. The van der Waals surface area contributed by atoms with Gasteiger partial charge in [0.05, 0.1) is 18.8 Å². The number of hydrogen-bond donors (Lipinski definition) is 0. The van der Waals surface area contributed by atoms with E-state index in [1.165, 1.54) is 0 Å². The Balaban J connectivity index is 2.26. The van der Waals surface area contributed by atoms with Crippen LogP contribution in [0.25, 0.3) is 0 Å².